The standard InChI is InChI=1S/C22H25ClN2O4S/c23-19-17(14-4-2-1-3-5-14)18(22(27)28)21(30-19)24-20(26)15-6-8-16(9-7-15)25-10-12-29-13-11-25/h6-9,14H,1-5,10-13H2,(H,24,26)(H,27,28). The summed E-state index contributed by atoms with van der Waals surface area (Å²) >= 11 is 7.59. The van der Waals surface area contributed by atoms with E-state index >= 15 is 0 Å². The molecular weight excluding hydrogens is 424 g/mol. The van der Waals surface area contributed by atoms with Crippen molar-refractivity contribution in [1.82, 2.24) is 0 Å². The molecule has 2 aliphatic rings. The Bertz CT molecular complexity index is 916. The number of carbonyl (C=O) groups excluding carboxylic acids is 1. The number of amides is 1. The van der Waals surface area contributed by atoms with Crippen molar-refractivity contribution in [2.24, 2.45) is 0 Å². The Balaban J connectivity index is 1.53. The summed E-state index contributed by atoms with van der Waals surface area (Å²) in [5.41, 5.74) is 2.36. The number of morpholine rings is 1. The SMILES string of the molecule is O=C(Nc1sc(Cl)c(C2CCCCC2)c1C(=O)O)c1ccc(N2CCOCC2)cc1. The van der Waals surface area contributed by atoms with E-state index in [1.54, 1.807) is 12.1 Å². The van der Waals surface area contributed by atoms with Crippen LogP contribution in [-0.4, -0.2) is 43.3 Å². The molecular formula is C22H25ClN2O4S. The highest BCUT2D eigenvalue weighted by Crippen LogP contribution is 2.46. The van der Waals surface area contributed by atoms with Gasteiger partial charge in [-0.1, -0.05) is 30.9 Å². The Morgan fingerprint density at radius 1 is 1.10 bits per heavy atom. The van der Waals surface area contributed by atoms with Crippen molar-refractivity contribution in [3.63, 3.8) is 0 Å². The molecule has 2 heterocycles. The first kappa shape index (κ1) is 21.2. The fourth-order valence-electron chi connectivity index (χ4n) is 4.29. The van der Waals surface area contributed by atoms with Gasteiger partial charge in [0.2, 0.25) is 0 Å². The van der Waals surface area contributed by atoms with Gasteiger partial charge in [0.25, 0.3) is 5.91 Å². The Hall–Kier alpha value is -2.09. The predicted octanol–water partition coefficient (Wildman–Crippen LogP) is 5.24. The topological polar surface area (TPSA) is 78.9 Å². The first-order chi connectivity index (χ1) is 14.5. The van der Waals surface area contributed by atoms with Crippen molar-refractivity contribution >= 4 is 45.5 Å². The molecule has 1 aliphatic carbocycles. The van der Waals surface area contributed by atoms with Crippen LogP contribution in [-0.2, 0) is 4.74 Å². The molecule has 1 aromatic carbocycles. The number of aromatic carboxylic acids is 1. The molecule has 0 spiro atoms. The van der Waals surface area contributed by atoms with E-state index in [9.17, 15) is 14.7 Å². The summed E-state index contributed by atoms with van der Waals surface area (Å²) in [6.45, 7) is 3.04. The van der Waals surface area contributed by atoms with E-state index in [1.807, 2.05) is 12.1 Å². The van der Waals surface area contributed by atoms with E-state index in [0.29, 0.717) is 33.7 Å². The highest BCUT2D eigenvalue weighted by molar-refractivity contribution is 7.20. The van der Waals surface area contributed by atoms with Gasteiger partial charge in [0, 0.05) is 29.9 Å². The monoisotopic (exact) mass is 448 g/mol. The Morgan fingerprint density at radius 2 is 1.77 bits per heavy atom. The third-order valence-corrected chi connectivity index (χ3v) is 7.20. The highest BCUT2D eigenvalue weighted by Gasteiger charge is 2.30. The quantitative estimate of drug-likeness (QED) is 0.654. The molecule has 0 bridgehead atoms. The van der Waals surface area contributed by atoms with Crippen LogP contribution in [0.15, 0.2) is 24.3 Å². The van der Waals surface area contributed by atoms with Crippen LogP contribution < -0.4 is 10.2 Å². The number of benzene rings is 1. The van der Waals surface area contributed by atoms with Crippen LogP contribution in [0.3, 0.4) is 0 Å². The maximum absolute atomic E-state index is 12.8. The largest absolute Gasteiger partial charge is 0.478 e. The molecule has 0 radical (unpaired) electrons. The minimum absolute atomic E-state index is 0.145. The number of ether oxygens (including phenoxy) is 1. The van der Waals surface area contributed by atoms with Crippen LogP contribution >= 0.6 is 22.9 Å². The fourth-order valence-corrected chi connectivity index (χ4v) is 5.77. The molecule has 1 amide bonds. The van der Waals surface area contributed by atoms with Crippen LogP contribution in [0.1, 0.15) is 64.3 Å². The summed E-state index contributed by atoms with van der Waals surface area (Å²) in [6, 6.07) is 7.34. The van der Waals surface area contributed by atoms with Crippen molar-refractivity contribution < 1.29 is 19.4 Å². The van der Waals surface area contributed by atoms with Gasteiger partial charge in [-0.2, -0.15) is 0 Å². The van der Waals surface area contributed by atoms with Crippen LogP contribution in [0, 0.1) is 0 Å². The van der Waals surface area contributed by atoms with Crippen molar-refractivity contribution in [3.05, 3.63) is 45.3 Å². The number of nitrogens with one attached hydrogen (secondary N) is 1. The minimum atomic E-state index is -1.04. The first-order valence-corrected chi connectivity index (χ1v) is 11.5. The maximum atomic E-state index is 12.8. The molecule has 0 atom stereocenters. The molecule has 8 heteroatoms. The van der Waals surface area contributed by atoms with Crippen LogP contribution in [0.4, 0.5) is 10.7 Å². The first-order valence-electron chi connectivity index (χ1n) is 10.3. The molecule has 2 fully saturated rings. The Labute approximate surface area is 184 Å². The molecule has 6 nitrogen and oxygen atoms in total. The summed E-state index contributed by atoms with van der Waals surface area (Å²) in [5.74, 6) is -1.23. The third-order valence-electron chi connectivity index (χ3n) is 5.86. The Morgan fingerprint density at radius 3 is 2.40 bits per heavy atom. The lowest BCUT2D eigenvalue weighted by Gasteiger charge is -2.28. The van der Waals surface area contributed by atoms with Gasteiger partial charge in [0.15, 0.2) is 0 Å². The average Bonchev–Trinajstić information content (AvgIpc) is 3.11. The third kappa shape index (κ3) is 4.48. The summed E-state index contributed by atoms with van der Waals surface area (Å²) in [6.07, 6.45) is 5.20. The molecule has 2 N–H and O–H groups in total. The van der Waals surface area contributed by atoms with Crippen LogP contribution in [0.2, 0.25) is 4.34 Å². The highest BCUT2D eigenvalue weighted by atomic mass is 35.5. The predicted molar refractivity (Wildman–Crippen MR) is 120 cm³/mol. The van der Waals surface area contributed by atoms with Gasteiger partial charge in [0.05, 0.1) is 23.1 Å². The average molecular weight is 449 g/mol. The number of hydrogen-bond acceptors (Lipinski definition) is 5. The van der Waals surface area contributed by atoms with Crippen molar-refractivity contribution in [3.8, 4) is 0 Å². The number of carbonyl (C=O) groups is 2. The summed E-state index contributed by atoms with van der Waals surface area (Å²) in [7, 11) is 0. The lowest BCUT2D eigenvalue weighted by atomic mass is 9.83. The molecule has 2 aromatic rings. The van der Waals surface area contributed by atoms with Gasteiger partial charge in [-0.15, -0.1) is 11.3 Å². The molecule has 1 saturated heterocycles. The van der Waals surface area contributed by atoms with Gasteiger partial charge in [-0.05, 0) is 43.0 Å². The van der Waals surface area contributed by atoms with Gasteiger partial charge in [-0.25, -0.2) is 4.79 Å². The zero-order chi connectivity index (χ0) is 21.1. The molecule has 0 unspecified atom stereocenters. The molecule has 160 valence electrons. The second kappa shape index (κ2) is 9.37. The zero-order valence-electron chi connectivity index (χ0n) is 16.7. The number of thiophene rings is 1. The number of carboxylic acid groups (broad SMARTS) is 1. The lowest BCUT2D eigenvalue weighted by molar-refractivity contribution is 0.0696. The number of halogens is 1. The van der Waals surface area contributed by atoms with Crippen molar-refractivity contribution in [2.45, 2.75) is 38.0 Å². The van der Waals surface area contributed by atoms with Gasteiger partial charge in [-0.3, -0.25) is 4.79 Å². The molecule has 1 aliphatic heterocycles. The smallest absolute Gasteiger partial charge is 0.339 e. The van der Waals surface area contributed by atoms with Crippen LogP contribution in [0.5, 0.6) is 0 Å². The van der Waals surface area contributed by atoms with Crippen molar-refractivity contribution in [2.75, 3.05) is 36.5 Å². The fraction of sp³-hybridized carbons (Fsp3) is 0.455. The van der Waals surface area contributed by atoms with E-state index in [2.05, 4.69) is 10.2 Å². The normalized spacial score (nSPS) is 17.7. The molecule has 4 rings (SSSR count). The number of carboxylic acids is 1. The van der Waals surface area contributed by atoms with Gasteiger partial charge < -0.3 is 20.1 Å². The number of rotatable bonds is 5. The van der Waals surface area contributed by atoms with Crippen molar-refractivity contribution in [1.29, 1.82) is 0 Å². The molecule has 1 saturated carbocycles. The van der Waals surface area contributed by atoms with E-state index < -0.39 is 5.97 Å². The number of nitrogens with zero attached hydrogens (tertiary/aromatic N) is 1. The van der Waals surface area contributed by atoms with E-state index in [-0.39, 0.29) is 17.4 Å². The lowest BCUT2D eigenvalue weighted by Crippen LogP contribution is -2.36. The second-order valence-corrected chi connectivity index (χ2v) is 9.36. The number of hydrogen-bond donors (Lipinski definition) is 2. The van der Waals surface area contributed by atoms with Gasteiger partial charge >= 0.3 is 5.97 Å². The zero-order valence-corrected chi connectivity index (χ0v) is 18.2. The summed E-state index contributed by atoms with van der Waals surface area (Å²) in [5, 5.41) is 12.9. The molecule has 1 aromatic heterocycles. The summed E-state index contributed by atoms with van der Waals surface area (Å²) in [4.78, 5) is 27.0. The molecule has 30 heavy (non-hydrogen) atoms. The maximum Gasteiger partial charge on any atom is 0.339 e. The Kier molecular flexibility index (Phi) is 6.61. The second-order valence-electron chi connectivity index (χ2n) is 7.73. The van der Waals surface area contributed by atoms with E-state index in [4.69, 9.17) is 16.3 Å². The minimum Gasteiger partial charge on any atom is -0.478 e. The van der Waals surface area contributed by atoms with Crippen LogP contribution in [0.25, 0.3) is 0 Å². The van der Waals surface area contributed by atoms with E-state index in [0.717, 1.165) is 55.8 Å². The van der Waals surface area contributed by atoms with E-state index in [1.165, 1.54) is 6.42 Å². The summed E-state index contributed by atoms with van der Waals surface area (Å²) < 4.78 is 5.84. The number of anilines is 2. The van der Waals surface area contributed by atoms with Gasteiger partial charge in [0.1, 0.15) is 5.00 Å².